The molecule has 2 aromatic carbocycles. The van der Waals surface area contributed by atoms with Crippen molar-refractivity contribution in [1.82, 2.24) is 10.4 Å². The highest BCUT2D eigenvalue weighted by molar-refractivity contribution is 5.91. The Morgan fingerprint density at radius 3 is 2.18 bits per heavy atom. The van der Waals surface area contributed by atoms with Crippen LogP contribution in [0.2, 0.25) is 0 Å². The predicted molar refractivity (Wildman–Crippen MR) is 129 cm³/mol. The number of amides is 1. The number of carbonyl (C=O) groups excluding carboxylic acids is 1. The van der Waals surface area contributed by atoms with E-state index in [1.807, 2.05) is 0 Å². The van der Waals surface area contributed by atoms with Gasteiger partial charge in [0.05, 0.1) is 12.0 Å². The summed E-state index contributed by atoms with van der Waals surface area (Å²) in [6.07, 6.45) is 4.97. The SMILES string of the molecule is CCCCCCCCCCOc1ccc([C@H](N2CC(C)(C)C(=O)N2)C(F)(F)F)c2ccccc12. The van der Waals surface area contributed by atoms with Crippen LogP contribution in [0.5, 0.6) is 5.75 Å². The van der Waals surface area contributed by atoms with Gasteiger partial charge in [0.25, 0.3) is 0 Å². The van der Waals surface area contributed by atoms with Gasteiger partial charge in [0.2, 0.25) is 5.91 Å². The molecule has 1 aliphatic heterocycles. The molecule has 34 heavy (non-hydrogen) atoms. The number of alkyl halides is 3. The molecule has 1 aliphatic rings. The van der Waals surface area contributed by atoms with Crippen molar-refractivity contribution in [3.05, 3.63) is 42.0 Å². The average molecular weight is 479 g/mol. The van der Waals surface area contributed by atoms with Crippen molar-refractivity contribution in [2.75, 3.05) is 13.2 Å². The third kappa shape index (κ3) is 6.44. The van der Waals surface area contributed by atoms with E-state index >= 15 is 0 Å². The van der Waals surface area contributed by atoms with Crippen molar-refractivity contribution in [2.45, 2.75) is 84.4 Å². The zero-order valence-corrected chi connectivity index (χ0v) is 20.5. The number of nitrogens with one attached hydrogen (secondary N) is 1. The number of fused-ring (bicyclic) bond motifs is 1. The summed E-state index contributed by atoms with van der Waals surface area (Å²) in [7, 11) is 0. The van der Waals surface area contributed by atoms with Crippen LogP contribution in [0.15, 0.2) is 36.4 Å². The number of nitrogens with zero attached hydrogens (tertiary/aromatic N) is 1. The van der Waals surface area contributed by atoms with E-state index in [9.17, 15) is 18.0 Å². The molecule has 0 radical (unpaired) electrons. The molecule has 188 valence electrons. The Hall–Kier alpha value is -2.28. The molecule has 7 heteroatoms. The van der Waals surface area contributed by atoms with E-state index in [0.29, 0.717) is 23.1 Å². The van der Waals surface area contributed by atoms with Crippen molar-refractivity contribution in [1.29, 1.82) is 0 Å². The number of carbonyl (C=O) groups is 1. The minimum absolute atomic E-state index is 0.0268. The maximum Gasteiger partial charge on any atom is 0.409 e. The Labute approximate surface area is 200 Å². The molecule has 0 unspecified atom stereocenters. The third-order valence-electron chi connectivity index (χ3n) is 6.52. The zero-order valence-electron chi connectivity index (χ0n) is 20.5. The molecule has 1 fully saturated rings. The lowest BCUT2D eigenvalue weighted by atomic mass is 9.93. The average Bonchev–Trinajstić information content (AvgIpc) is 3.04. The highest BCUT2D eigenvalue weighted by atomic mass is 19.4. The molecule has 1 saturated heterocycles. The number of hydrogen-bond donors (Lipinski definition) is 1. The Morgan fingerprint density at radius 2 is 1.59 bits per heavy atom. The summed E-state index contributed by atoms with van der Waals surface area (Å²) in [6, 6.07) is 8.19. The van der Waals surface area contributed by atoms with Gasteiger partial charge < -0.3 is 4.74 Å². The largest absolute Gasteiger partial charge is 0.493 e. The fourth-order valence-corrected chi connectivity index (χ4v) is 4.57. The number of benzene rings is 2. The molecule has 3 rings (SSSR count). The van der Waals surface area contributed by atoms with E-state index in [0.717, 1.165) is 17.9 Å². The van der Waals surface area contributed by atoms with E-state index in [2.05, 4.69) is 12.3 Å². The fourth-order valence-electron chi connectivity index (χ4n) is 4.57. The Bertz CT molecular complexity index is 959. The van der Waals surface area contributed by atoms with Gasteiger partial charge in [0, 0.05) is 11.9 Å². The molecule has 4 nitrogen and oxygen atoms in total. The van der Waals surface area contributed by atoms with Gasteiger partial charge in [-0.25, -0.2) is 5.01 Å². The fraction of sp³-hybridized carbons (Fsp3) is 0.593. The van der Waals surface area contributed by atoms with Crippen molar-refractivity contribution < 1.29 is 22.7 Å². The van der Waals surface area contributed by atoms with Gasteiger partial charge in [-0.1, -0.05) is 82.2 Å². The maximum absolute atomic E-state index is 14.3. The molecule has 0 bridgehead atoms. The molecule has 1 N–H and O–H groups in total. The first-order chi connectivity index (χ1) is 16.1. The first-order valence-electron chi connectivity index (χ1n) is 12.4. The third-order valence-corrected chi connectivity index (χ3v) is 6.52. The number of unbranched alkanes of at least 4 members (excludes halogenated alkanes) is 7. The van der Waals surface area contributed by atoms with Gasteiger partial charge in [0.15, 0.2) is 6.04 Å². The standard InChI is InChI=1S/C27H37F3N2O2/c1-4-5-6-7-8-9-10-13-18-34-23-17-16-22(20-14-11-12-15-21(20)23)24(27(28,29)30)32-19-26(2,3)25(33)31-32/h11-12,14-17,24H,4-10,13,18-19H2,1-3H3,(H,31,33)/t24-/m0/s1. The molecular formula is C27H37F3N2O2. The second-order valence-corrected chi connectivity index (χ2v) is 9.92. The maximum atomic E-state index is 14.3. The van der Waals surface area contributed by atoms with Gasteiger partial charge in [-0.05, 0) is 37.3 Å². The van der Waals surface area contributed by atoms with Crippen LogP contribution in [-0.2, 0) is 4.79 Å². The van der Waals surface area contributed by atoms with Crippen LogP contribution in [0.1, 0.15) is 83.7 Å². The van der Waals surface area contributed by atoms with E-state index in [1.165, 1.54) is 44.6 Å². The summed E-state index contributed by atoms with van der Waals surface area (Å²) >= 11 is 0. The molecule has 0 aliphatic carbocycles. The van der Waals surface area contributed by atoms with E-state index in [4.69, 9.17) is 4.74 Å². The van der Waals surface area contributed by atoms with Gasteiger partial charge in [-0.15, -0.1) is 0 Å². The number of rotatable bonds is 12. The van der Waals surface area contributed by atoms with Crippen LogP contribution >= 0.6 is 0 Å². The molecule has 0 aromatic heterocycles. The molecule has 1 heterocycles. The molecule has 2 aromatic rings. The second-order valence-electron chi connectivity index (χ2n) is 9.92. The molecule has 1 atom stereocenters. The highest BCUT2D eigenvalue weighted by Crippen LogP contribution is 2.44. The lowest BCUT2D eigenvalue weighted by Gasteiger charge is -2.31. The summed E-state index contributed by atoms with van der Waals surface area (Å²) in [5.41, 5.74) is 1.66. The van der Waals surface area contributed by atoms with Gasteiger partial charge in [-0.3, -0.25) is 10.2 Å². The highest BCUT2D eigenvalue weighted by Gasteiger charge is 2.51. The van der Waals surface area contributed by atoms with Crippen molar-refractivity contribution in [3.63, 3.8) is 0 Å². The number of halogens is 3. The summed E-state index contributed by atoms with van der Waals surface area (Å²) in [5, 5.41) is 2.15. The lowest BCUT2D eigenvalue weighted by Crippen LogP contribution is -2.43. The first-order valence-corrected chi connectivity index (χ1v) is 12.4. The van der Waals surface area contributed by atoms with Crippen LogP contribution in [0.25, 0.3) is 10.8 Å². The summed E-state index contributed by atoms with van der Waals surface area (Å²) in [6.45, 7) is 6.02. The first kappa shape index (κ1) is 26.3. The Morgan fingerprint density at radius 1 is 0.971 bits per heavy atom. The molecule has 0 saturated carbocycles. The molecule has 0 spiro atoms. The molecular weight excluding hydrogens is 441 g/mol. The topological polar surface area (TPSA) is 41.6 Å². The van der Waals surface area contributed by atoms with Crippen molar-refractivity contribution in [3.8, 4) is 5.75 Å². The van der Waals surface area contributed by atoms with Crippen LogP contribution in [0.4, 0.5) is 13.2 Å². The van der Waals surface area contributed by atoms with Gasteiger partial charge >= 0.3 is 6.18 Å². The van der Waals surface area contributed by atoms with Crippen molar-refractivity contribution in [2.24, 2.45) is 5.41 Å². The van der Waals surface area contributed by atoms with Gasteiger partial charge in [0.1, 0.15) is 5.75 Å². The van der Waals surface area contributed by atoms with E-state index in [1.54, 1.807) is 44.2 Å². The Kier molecular flexibility index (Phi) is 8.85. The second kappa shape index (κ2) is 11.4. The molecule has 1 amide bonds. The number of hydrazine groups is 1. The number of hydrogen-bond acceptors (Lipinski definition) is 3. The monoisotopic (exact) mass is 478 g/mol. The van der Waals surface area contributed by atoms with Crippen LogP contribution in [0, 0.1) is 5.41 Å². The number of ether oxygens (including phenoxy) is 1. The minimum Gasteiger partial charge on any atom is -0.493 e. The minimum atomic E-state index is -4.56. The van der Waals surface area contributed by atoms with E-state index in [-0.39, 0.29) is 12.1 Å². The quantitative estimate of drug-likeness (QED) is 0.325. The smallest absolute Gasteiger partial charge is 0.409 e. The summed E-state index contributed by atoms with van der Waals surface area (Å²) < 4.78 is 48.8. The Balaban J connectivity index is 1.73. The van der Waals surface area contributed by atoms with Crippen LogP contribution < -0.4 is 10.2 Å². The summed E-state index contributed by atoms with van der Waals surface area (Å²) in [4.78, 5) is 12.2. The van der Waals surface area contributed by atoms with Crippen molar-refractivity contribution >= 4 is 16.7 Å². The summed E-state index contributed by atoms with van der Waals surface area (Å²) in [5.74, 6) is 0.186. The van der Waals surface area contributed by atoms with Gasteiger partial charge in [-0.2, -0.15) is 13.2 Å². The van der Waals surface area contributed by atoms with Crippen LogP contribution in [-0.4, -0.2) is 30.2 Å². The van der Waals surface area contributed by atoms with Crippen LogP contribution in [0.3, 0.4) is 0 Å². The zero-order chi connectivity index (χ0) is 24.8. The lowest BCUT2D eigenvalue weighted by molar-refractivity contribution is -0.191. The predicted octanol–water partition coefficient (Wildman–Crippen LogP) is 7.34. The van der Waals surface area contributed by atoms with E-state index < -0.39 is 23.5 Å². The normalized spacial score (nSPS) is 17.2.